The zero-order valence-electron chi connectivity index (χ0n) is 11.9. The van der Waals surface area contributed by atoms with Gasteiger partial charge in [-0.2, -0.15) is 13.2 Å². The lowest BCUT2D eigenvalue weighted by Crippen LogP contribution is -2.07. The molecule has 1 aromatic carbocycles. The fourth-order valence-corrected chi connectivity index (χ4v) is 2.72. The summed E-state index contributed by atoms with van der Waals surface area (Å²) in [6, 6.07) is 3.62. The van der Waals surface area contributed by atoms with Crippen molar-refractivity contribution in [2.24, 2.45) is 0 Å². The van der Waals surface area contributed by atoms with Gasteiger partial charge in [-0.15, -0.1) is 0 Å². The van der Waals surface area contributed by atoms with E-state index in [1.165, 1.54) is 6.07 Å². The molecule has 1 atom stereocenters. The molecule has 0 saturated carbocycles. The van der Waals surface area contributed by atoms with Crippen LogP contribution in [0.5, 0.6) is 0 Å². The van der Waals surface area contributed by atoms with E-state index in [-0.39, 0.29) is 16.2 Å². The Morgan fingerprint density at radius 1 is 1.04 bits per heavy atom. The van der Waals surface area contributed by atoms with Crippen molar-refractivity contribution in [3.63, 3.8) is 0 Å². The lowest BCUT2D eigenvalue weighted by molar-refractivity contribution is -0.155. The van der Waals surface area contributed by atoms with Gasteiger partial charge in [-0.05, 0) is 31.0 Å². The first-order chi connectivity index (χ1) is 10.6. The van der Waals surface area contributed by atoms with Crippen LogP contribution in [0.2, 0.25) is 0 Å². The molecular formula is C14H11F6NOS. The molecule has 0 fully saturated rings. The van der Waals surface area contributed by atoms with E-state index in [9.17, 15) is 26.3 Å². The minimum Gasteiger partial charge on any atom is -0.351 e. The van der Waals surface area contributed by atoms with E-state index in [1.54, 1.807) is 19.9 Å². The number of halogens is 6. The topological polar surface area (TPSA) is 26.0 Å². The molecule has 9 heteroatoms. The number of nitrogens with zero attached hydrogens (tertiary/aromatic N) is 1. The zero-order valence-corrected chi connectivity index (χ0v) is 12.7. The second-order valence-electron chi connectivity index (χ2n) is 4.81. The Hall–Kier alpha value is -1.64. The number of hydrogen-bond acceptors (Lipinski definition) is 3. The number of thioether (sulfide) groups is 1. The van der Waals surface area contributed by atoms with Gasteiger partial charge in [-0.1, -0.05) is 23.0 Å². The SMILES string of the molecule is Cc1cc(C)c(-c2cc(C(F)(F)F)on2)cc1SC(F)C(F)F. The predicted octanol–water partition coefficient (Wildman–Crippen LogP) is 5.63. The minimum absolute atomic E-state index is 0.0934. The molecule has 0 saturated heterocycles. The first-order valence-electron chi connectivity index (χ1n) is 6.34. The van der Waals surface area contributed by atoms with E-state index >= 15 is 0 Å². The number of hydrogen-bond donors (Lipinski definition) is 0. The number of aromatic nitrogens is 1. The van der Waals surface area contributed by atoms with Gasteiger partial charge in [0.05, 0.1) is 0 Å². The summed E-state index contributed by atoms with van der Waals surface area (Å²) < 4.78 is 79.8. The third-order valence-electron chi connectivity index (χ3n) is 3.03. The van der Waals surface area contributed by atoms with Gasteiger partial charge in [0, 0.05) is 16.5 Å². The largest absolute Gasteiger partial charge is 0.452 e. The van der Waals surface area contributed by atoms with Gasteiger partial charge < -0.3 is 4.52 Å². The Morgan fingerprint density at radius 2 is 1.70 bits per heavy atom. The van der Waals surface area contributed by atoms with Crippen LogP contribution < -0.4 is 0 Å². The van der Waals surface area contributed by atoms with Gasteiger partial charge in [0.15, 0.2) is 0 Å². The summed E-state index contributed by atoms with van der Waals surface area (Å²) in [7, 11) is 0. The first-order valence-corrected chi connectivity index (χ1v) is 7.22. The molecule has 0 spiro atoms. The molecule has 0 radical (unpaired) electrons. The molecular weight excluding hydrogens is 344 g/mol. The van der Waals surface area contributed by atoms with Crippen LogP contribution >= 0.6 is 11.8 Å². The summed E-state index contributed by atoms with van der Waals surface area (Å²) in [6.45, 7) is 3.22. The highest BCUT2D eigenvalue weighted by atomic mass is 32.2. The first kappa shape index (κ1) is 17.7. The maximum Gasteiger partial charge on any atom is 0.452 e. The average molecular weight is 355 g/mol. The Labute approximate surface area is 131 Å². The van der Waals surface area contributed by atoms with Crippen molar-refractivity contribution in [2.45, 2.75) is 36.8 Å². The third kappa shape index (κ3) is 4.01. The summed E-state index contributed by atoms with van der Waals surface area (Å²) in [5, 5.41) is 3.35. The van der Waals surface area contributed by atoms with E-state index in [2.05, 4.69) is 9.68 Å². The van der Waals surface area contributed by atoms with Crippen molar-refractivity contribution in [1.82, 2.24) is 5.16 Å². The Morgan fingerprint density at radius 3 is 2.22 bits per heavy atom. The molecule has 0 aliphatic carbocycles. The molecule has 2 nitrogen and oxygen atoms in total. The summed E-state index contributed by atoms with van der Waals surface area (Å²) in [4.78, 5) is 0.204. The average Bonchev–Trinajstić information content (AvgIpc) is 2.91. The van der Waals surface area contributed by atoms with Crippen LogP contribution in [0.3, 0.4) is 0 Å². The molecule has 0 bridgehead atoms. The van der Waals surface area contributed by atoms with Crippen LogP contribution in [0, 0.1) is 13.8 Å². The smallest absolute Gasteiger partial charge is 0.351 e. The van der Waals surface area contributed by atoms with E-state index in [0.717, 1.165) is 0 Å². The third-order valence-corrected chi connectivity index (χ3v) is 4.15. The molecule has 2 rings (SSSR count). The van der Waals surface area contributed by atoms with Gasteiger partial charge in [0.2, 0.25) is 11.3 Å². The van der Waals surface area contributed by atoms with Crippen LogP contribution in [0.25, 0.3) is 11.3 Å². The van der Waals surface area contributed by atoms with Crippen molar-refractivity contribution in [3.8, 4) is 11.3 Å². The molecule has 0 aliphatic rings. The maximum absolute atomic E-state index is 13.2. The number of alkyl halides is 6. The highest BCUT2D eigenvalue weighted by Gasteiger charge is 2.36. The van der Waals surface area contributed by atoms with Gasteiger partial charge >= 0.3 is 6.18 Å². The van der Waals surface area contributed by atoms with Crippen LogP contribution in [0.15, 0.2) is 27.6 Å². The Bertz CT molecular complexity index is 697. The summed E-state index contributed by atoms with van der Waals surface area (Å²) in [6.07, 6.45) is -7.84. The van der Waals surface area contributed by atoms with Crippen molar-refractivity contribution >= 4 is 11.8 Å². The summed E-state index contributed by atoms with van der Waals surface area (Å²) in [5.74, 6) is -1.27. The number of benzene rings is 1. The standard InChI is InChI=1S/C14H11F6NOS/c1-6-3-7(2)10(23-13(17)12(15)16)4-8(6)9-5-11(22-21-9)14(18,19)20/h3-5,12-13H,1-2H3. The van der Waals surface area contributed by atoms with E-state index < -0.39 is 23.9 Å². The van der Waals surface area contributed by atoms with Gasteiger partial charge in [-0.3, -0.25) is 0 Å². The van der Waals surface area contributed by atoms with E-state index in [4.69, 9.17) is 0 Å². The molecule has 1 unspecified atom stereocenters. The highest BCUT2D eigenvalue weighted by molar-refractivity contribution is 7.99. The van der Waals surface area contributed by atoms with Gasteiger partial charge in [0.1, 0.15) is 5.69 Å². The molecule has 1 heterocycles. The zero-order chi connectivity index (χ0) is 17.4. The molecule has 23 heavy (non-hydrogen) atoms. The van der Waals surface area contributed by atoms with Crippen molar-refractivity contribution in [1.29, 1.82) is 0 Å². The summed E-state index contributed by atoms with van der Waals surface area (Å²) in [5.41, 5.74) is -1.14. The van der Waals surface area contributed by atoms with Crippen molar-refractivity contribution in [3.05, 3.63) is 35.1 Å². The molecule has 2 aromatic rings. The second kappa shape index (κ2) is 6.46. The molecule has 0 N–H and O–H groups in total. The maximum atomic E-state index is 13.2. The fraction of sp³-hybridized carbons (Fsp3) is 0.357. The van der Waals surface area contributed by atoms with Crippen LogP contribution in [0.1, 0.15) is 16.9 Å². The second-order valence-corrected chi connectivity index (χ2v) is 5.94. The Balaban J connectivity index is 2.41. The lowest BCUT2D eigenvalue weighted by Gasteiger charge is -2.12. The van der Waals surface area contributed by atoms with Gasteiger partial charge in [-0.25, -0.2) is 13.2 Å². The van der Waals surface area contributed by atoms with E-state index in [1.807, 2.05) is 0 Å². The van der Waals surface area contributed by atoms with E-state index in [0.29, 0.717) is 29.0 Å². The number of rotatable bonds is 4. The van der Waals surface area contributed by atoms with Gasteiger partial charge in [0.25, 0.3) is 6.43 Å². The van der Waals surface area contributed by atoms with Crippen molar-refractivity contribution in [2.75, 3.05) is 0 Å². The number of aryl methyl sites for hydroxylation is 2. The summed E-state index contributed by atoms with van der Waals surface area (Å²) >= 11 is 0.311. The molecule has 126 valence electrons. The van der Waals surface area contributed by atoms with Crippen LogP contribution in [-0.2, 0) is 6.18 Å². The van der Waals surface area contributed by atoms with Crippen LogP contribution in [0.4, 0.5) is 26.3 Å². The highest BCUT2D eigenvalue weighted by Crippen LogP contribution is 2.37. The predicted molar refractivity (Wildman–Crippen MR) is 73.2 cm³/mol. The fourth-order valence-electron chi connectivity index (χ4n) is 1.94. The minimum atomic E-state index is -4.68. The quantitative estimate of drug-likeness (QED) is 0.525. The monoisotopic (exact) mass is 355 g/mol. The molecule has 1 aromatic heterocycles. The Kier molecular flexibility index (Phi) is 4.98. The van der Waals surface area contributed by atoms with Crippen LogP contribution in [-0.4, -0.2) is 17.1 Å². The lowest BCUT2D eigenvalue weighted by atomic mass is 10.0. The molecule has 0 amide bonds. The molecule has 0 aliphatic heterocycles. The normalized spacial score (nSPS) is 13.6. The van der Waals surface area contributed by atoms with Crippen molar-refractivity contribution < 1.29 is 30.9 Å².